The molecule has 22 heavy (non-hydrogen) atoms. The summed E-state index contributed by atoms with van der Waals surface area (Å²) < 4.78 is 0. The molecule has 0 N–H and O–H groups in total. The van der Waals surface area contributed by atoms with Crippen molar-refractivity contribution in [3.8, 4) is 0 Å². The predicted octanol–water partition coefficient (Wildman–Crippen LogP) is 7.39. The summed E-state index contributed by atoms with van der Waals surface area (Å²) in [5.74, 6) is 0.477. The number of hydrogen-bond acceptors (Lipinski definition) is 1. The first-order valence-electron chi connectivity index (χ1n) is 9.98. The van der Waals surface area contributed by atoms with Crippen molar-refractivity contribution in [2.45, 2.75) is 117 Å². The Kier molecular flexibility index (Phi) is 18.0. The molecule has 0 atom stereocenters. The fraction of sp³-hybridized carbons (Fsp3) is 0.857. The van der Waals surface area contributed by atoms with Gasteiger partial charge in [0.05, 0.1) is 0 Å². The zero-order chi connectivity index (χ0) is 16.3. The maximum Gasteiger partial charge on any atom is 0.132 e. The van der Waals surface area contributed by atoms with E-state index in [-0.39, 0.29) is 0 Å². The third-order valence-electron chi connectivity index (χ3n) is 4.28. The minimum atomic E-state index is 0.477. The fourth-order valence-electron chi connectivity index (χ4n) is 2.75. The molecule has 0 fully saturated rings. The molecule has 130 valence electrons. The van der Waals surface area contributed by atoms with E-state index in [1.165, 1.54) is 70.6 Å². The summed E-state index contributed by atoms with van der Waals surface area (Å²) in [5, 5.41) is 0. The van der Waals surface area contributed by atoms with Crippen molar-refractivity contribution in [2.75, 3.05) is 0 Å². The minimum absolute atomic E-state index is 0.477. The van der Waals surface area contributed by atoms with E-state index < -0.39 is 0 Å². The van der Waals surface area contributed by atoms with E-state index >= 15 is 0 Å². The number of Topliss-reactive ketones (excluding diaryl/α,β-unsaturated/α-hetero) is 1. The normalized spacial score (nSPS) is 11.4. The van der Waals surface area contributed by atoms with Gasteiger partial charge in [-0.3, -0.25) is 4.79 Å². The number of ketones is 1. The molecule has 0 aromatic rings. The van der Waals surface area contributed by atoms with E-state index in [1.807, 2.05) is 0 Å². The second-order valence-electron chi connectivity index (χ2n) is 6.62. The Morgan fingerprint density at radius 2 is 1.05 bits per heavy atom. The average Bonchev–Trinajstić information content (AvgIpc) is 2.52. The van der Waals surface area contributed by atoms with E-state index in [0.29, 0.717) is 5.78 Å². The molecule has 0 saturated carbocycles. The molecule has 0 aromatic heterocycles. The van der Waals surface area contributed by atoms with Crippen LogP contribution in [0, 0.1) is 0 Å². The monoisotopic (exact) mass is 308 g/mol. The first-order valence-corrected chi connectivity index (χ1v) is 9.98. The molecule has 0 heterocycles. The van der Waals surface area contributed by atoms with Crippen molar-refractivity contribution >= 4 is 5.78 Å². The van der Waals surface area contributed by atoms with Crippen molar-refractivity contribution in [1.82, 2.24) is 0 Å². The largest absolute Gasteiger partial charge is 0.300 e. The summed E-state index contributed by atoms with van der Waals surface area (Å²) >= 11 is 0. The van der Waals surface area contributed by atoms with Crippen molar-refractivity contribution < 1.29 is 4.79 Å². The Balaban J connectivity index is 3.22. The number of rotatable bonds is 17. The van der Waals surface area contributed by atoms with Gasteiger partial charge in [0, 0.05) is 12.8 Å². The predicted molar refractivity (Wildman–Crippen MR) is 99.4 cm³/mol. The van der Waals surface area contributed by atoms with Crippen LogP contribution in [0.25, 0.3) is 0 Å². The molecule has 0 amide bonds. The van der Waals surface area contributed by atoms with Crippen LogP contribution in [0.3, 0.4) is 0 Å². The van der Waals surface area contributed by atoms with Gasteiger partial charge in [-0.2, -0.15) is 0 Å². The van der Waals surface area contributed by atoms with Gasteiger partial charge in [-0.1, -0.05) is 83.8 Å². The molecule has 0 radical (unpaired) electrons. The summed E-state index contributed by atoms with van der Waals surface area (Å²) in [7, 11) is 0. The van der Waals surface area contributed by atoms with Gasteiger partial charge in [-0.05, 0) is 32.1 Å². The third kappa shape index (κ3) is 17.5. The molecule has 0 spiro atoms. The van der Waals surface area contributed by atoms with Crippen LogP contribution in [-0.2, 0) is 4.79 Å². The molecule has 0 bridgehead atoms. The third-order valence-corrected chi connectivity index (χ3v) is 4.28. The number of carbonyl (C=O) groups is 1. The highest BCUT2D eigenvalue weighted by Gasteiger charge is 2.01. The lowest BCUT2D eigenvalue weighted by Crippen LogP contribution is -1.97. The summed E-state index contributed by atoms with van der Waals surface area (Å²) in [6.07, 6.45) is 23.9. The van der Waals surface area contributed by atoms with Gasteiger partial charge in [-0.25, -0.2) is 0 Å². The van der Waals surface area contributed by atoms with Crippen LogP contribution in [0.5, 0.6) is 0 Å². The average molecular weight is 309 g/mol. The Hall–Kier alpha value is -0.590. The van der Waals surface area contributed by atoms with Gasteiger partial charge in [0.1, 0.15) is 5.78 Å². The van der Waals surface area contributed by atoms with Gasteiger partial charge < -0.3 is 0 Å². The van der Waals surface area contributed by atoms with Gasteiger partial charge in [0.2, 0.25) is 0 Å². The summed E-state index contributed by atoms with van der Waals surface area (Å²) in [6, 6.07) is 0. The fourth-order valence-corrected chi connectivity index (χ4v) is 2.75. The van der Waals surface area contributed by atoms with Crippen LogP contribution >= 0.6 is 0 Å². The second kappa shape index (κ2) is 18.5. The van der Waals surface area contributed by atoms with Crippen LogP contribution in [0.4, 0.5) is 0 Å². The SMILES string of the molecule is CCCCC/C=C\CCCC(=O)CCCCCCCCCC. The topological polar surface area (TPSA) is 17.1 Å². The molecule has 0 aromatic carbocycles. The maximum atomic E-state index is 11.8. The van der Waals surface area contributed by atoms with E-state index in [4.69, 9.17) is 0 Å². The maximum absolute atomic E-state index is 11.8. The summed E-state index contributed by atoms with van der Waals surface area (Å²) in [6.45, 7) is 4.50. The molecule has 0 saturated heterocycles. The van der Waals surface area contributed by atoms with Gasteiger partial charge in [0.15, 0.2) is 0 Å². The first-order chi connectivity index (χ1) is 10.8. The van der Waals surface area contributed by atoms with Gasteiger partial charge in [-0.15, -0.1) is 0 Å². The van der Waals surface area contributed by atoms with Crippen LogP contribution in [0.1, 0.15) is 117 Å². The van der Waals surface area contributed by atoms with Gasteiger partial charge >= 0.3 is 0 Å². The molecular formula is C21H40O. The van der Waals surface area contributed by atoms with Crippen LogP contribution in [-0.4, -0.2) is 5.78 Å². The summed E-state index contributed by atoms with van der Waals surface area (Å²) in [5.41, 5.74) is 0. The van der Waals surface area contributed by atoms with Crippen LogP contribution < -0.4 is 0 Å². The minimum Gasteiger partial charge on any atom is -0.300 e. The first kappa shape index (κ1) is 21.4. The molecule has 1 nitrogen and oxygen atoms in total. The van der Waals surface area contributed by atoms with E-state index in [9.17, 15) is 4.79 Å². The lowest BCUT2D eigenvalue weighted by atomic mass is 10.0. The Bertz CT molecular complexity index is 255. The zero-order valence-corrected chi connectivity index (χ0v) is 15.4. The number of carbonyl (C=O) groups excluding carboxylic acids is 1. The van der Waals surface area contributed by atoms with E-state index in [2.05, 4.69) is 26.0 Å². The molecule has 1 heteroatoms. The second-order valence-corrected chi connectivity index (χ2v) is 6.62. The number of unbranched alkanes of at least 4 members (excludes halogenated alkanes) is 11. The number of hydrogen-bond donors (Lipinski definition) is 0. The number of allylic oxidation sites excluding steroid dienone is 2. The molecule has 0 aliphatic heterocycles. The molecule has 0 aliphatic carbocycles. The highest BCUT2D eigenvalue weighted by atomic mass is 16.1. The van der Waals surface area contributed by atoms with E-state index in [1.54, 1.807) is 0 Å². The van der Waals surface area contributed by atoms with Crippen LogP contribution in [0.2, 0.25) is 0 Å². The zero-order valence-electron chi connectivity index (χ0n) is 15.4. The molecular weight excluding hydrogens is 268 g/mol. The Morgan fingerprint density at radius 1 is 0.591 bits per heavy atom. The molecule has 0 unspecified atom stereocenters. The lowest BCUT2D eigenvalue weighted by molar-refractivity contribution is -0.119. The van der Waals surface area contributed by atoms with Crippen molar-refractivity contribution in [3.63, 3.8) is 0 Å². The van der Waals surface area contributed by atoms with Crippen molar-refractivity contribution in [3.05, 3.63) is 12.2 Å². The van der Waals surface area contributed by atoms with E-state index in [0.717, 1.165) is 32.1 Å². The molecule has 0 aliphatic rings. The smallest absolute Gasteiger partial charge is 0.132 e. The summed E-state index contributed by atoms with van der Waals surface area (Å²) in [4.78, 5) is 11.8. The van der Waals surface area contributed by atoms with Crippen molar-refractivity contribution in [2.24, 2.45) is 0 Å². The Labute approximate surface area is 140 Å². The Morgan fingerprint density at radius 3 is 1.68 bits per heavy atom. The molecule has 0 rings (SSSR count). The van der Waals surface area contributed by atoms with Gasteiger partial charge in [0.25, 0.3) is 0 Å². The standard InChI is InChI=1S/C21H40O/c1-3-5-7-9-11-13-15-17-19-21(22)20-18-16-14-12-10-8-6-4-2/h11,13H,3-10,12,14-20H2,1-2H3/b13-11-. The van der Waals surface area contributed by atoms with Crippen molar-refractivity contribution in [1.29, 1.82) is 0 Å². The highest BCUT2D eigenvalue weighted by Crippen LogP contribution is 2.11. The quantitative estimate of drug-likeness (QED) is 0.202. The van der Waals surface area contributed by atoms with Crippen LogP contribution in [0.15, 0.2) is 12.2 Å². The highest BCUT2D eigenvalue weighted by molar-refractivity contribution is 5.78. The lowest BCUT2D eigenvalue weighted by Gasteiger charge is -2.02.